The summed E-state index contributed by atoms with van der Waals surface area (Å²) in [5, 5.41) is 7.79. The molecule has 0 N–H and O–H groups in total. The molecule has 1 aliphatic heterocycles. The molecule has 7 nitrogen and oxygen atoms in total. The molecule has 3 rings (SSSR count). The summed E-state index contributed by atoms with van der Waals surface area (Å²) in [5.74, 6) is 0.540. The largest absolute Gasteiger partial charge is 0.497 e. The average Bonchev–Trinajstić information content (AvgIpc) is 3.09. The lowest BCUT2D eigenvalue weighted by molar-refractivity contribution is 0.258. The van der Waals surface area contributed by atoms with E-state index in [1.54, 1.807) is 35.1 Å². The van der Waals surface area contributed by atoms with Crippen LogP contribution >= 0.6 is 0 Å². The molecule has 0 amide bonds. The summed E-state index contributed by atoms with van der Waals surface area (Å²) in [6, 6.07) is 6.78. The Morgan fingerprint density at radius 2 is 2.05 bits per heavy atom. The van der Waals surface area contributed by atoms with Crippen LogP contribution in [0.25, 0.3) is 0 Å². The van der Waals surface area contributed by atoms with Gasteiger partial charge in [-0.2, -0.15) is 4.31 Å². The molecule has 2 aromatic rings. The van der Waals surface area contributed by atoms with Crippen LogP contribution in [0.5, 0.6) is 5.75 Å². The number of rotatable bonds is 4. The molecule has 1 saturated heterocycles. The van der Waals surface area contributed by atoms with Crippen LogP contribution in [0.15, 0.2) is 41.6 Å². The number of hydrogen-bond donors (Lipinski definition) is 0. The second-order valence-corrected chi connectivity index (χ2v) is 7.14. The third kappa shape index (κ3) is 2.84. The first kappa shape index (κ1) is 15.0. The van der Waals surface area contributed by atoms with E-state index in [2.05, 4.69) is 10.3 Å². The van der Waals surface area contributed by atoms with Crippen LogP contribution in [0.3, 0.4) is 0 Å². The fourth-order valence-corrected chi connectivity index (χ4v) is 4.18. The van der Waals surface area contributed by atoms with Crippen molar-refractivity contribution in [3.05, 3.63) is 36.7 Å². The van der Waals surface area contributed by atoms with Gasteiger partial charge >= 0.3 is 0 Å². The maximum Gasteiger partial charge on any atom is 0.243 e. The van der Waals surface area contributed by atoms with Gasteiger partial charge in [0.2, 0.25) is 10.0 Å². The van der Waals surface area contributed by atoms with E-state index >= 15 is 0 Å². The first-order valence-electron chi connectivity index (χ1n) is 7.11. The fourth-order valence-electron chi connectivity index (χ4n) is 2.67. The van der Waals surface area contributed by atoms with Gasteiger partial charge < -0.3 is 4.74 Å². The third-order valence-electron chi connectivity index (χ3n) is 3.92. The average molecular weight is 322 g/mol. The van der Waals surface area contributed by atoms with E-state index in [1.807, 2.05) is 6.20 Å². The molecule has 1 aliphatic rings. The molecule has 1 fully saturated rings. The molecule has 0 radical (unpaired) electrons. The van der Waals surface area contributed by atoms with Gasteiger partial charge in [0.25, 0.3) is 0 Å². The Hall–Kier alpha value is -1.93. The first-order valence-corrected chi connectivity index (χ1v) is 8.55. The van der Waals surface area contributed by atoms with Crippen molar-refractivity contribution in [2.24, 2.45) is 0 Å². The summed E-state index contributed by atoms with van der Waals surface area (Å²) in [5.41, 5.74) is 0. The van der Waals surface area contributed by atoms with Gasteiger partial charge in [-0.25, -0.2) is 13.1 Å². The SMILES string of the molecule is COc1cccc(S(=O)(=O)N2CCC(n3ccnn3)CC2)c1. The quantitative estimate of drug-likeness (QED) is 0.848. The Kier molecular flexibility index (Phi) is 4.12. The van der Waals surface area contributed by atoms with Crippen molar-refractivity contribution in [3.8, 4) is 5.75 Å². The minimum absolute atomic E-state index is 0.208. The predicted molar refractivity (Wildman–Crippen MR) is 80.0 cm³/mol. The Balaban J connectivity index is 1.74. The highest BCUT2D eigenvalue weighted by molar-refractivity contribution is 7.89. The van der Waals surface area contributed by atoms with E-state index < -0.39 is 10.0 Å². The molecule has 2 heterocycles. The van der Waals surface area contributed by atoms with E-state index in [9.17, 15) is 8.42 Å². The van der Waals surface area contributed by atoms with E-state index in [-0.39, 0.29) is 10.9 Å². The Morgan fingerprint density at radius 1 is 1.27 bits per heavy atom. The highest BCUT2D eigenvalue weighted by Crippen LogP contribution is 2.27. The van der Waals surface area contributed by atoms with Gasteiger partial charge in [0.15, 0.2) is 0 Å². The monoisotopic (exact) mass is 322 g/mol. The molecule has 118 valence electrons. The van der Waals surface area contributed by atoms with Gasteiger partial charge in [-0.3, -0.25) is 0 Å². The Labute approximate surface area is 129 Å². The van der Waals surface area contributed by atoms with Gasteiger partial charge in [-0.1, -0.05) is 11.3 Å². The van der Waals surface area contributed by atoms with E-state index in [4.69, 9.17) is 4.74 Å². The zero-order valence-electron chi connectivity index (χ0n) is 12.3. The molecule has 1 aromatic carbocycles. The molecule has 0 unspecified atom stereocenters. The number of methoxy groups -OCH3 is 1. The predicted octanol–water partition coefficient (Wildman–Crippen LogP) is 1.31. The smallest absolute Gasteiger partial charge is 0.243 e. The Bertz CT molecular complexity index is 722. The number of benzene rings is 1. The summed E-state index contributed by atoms with van der Waals surface area (Å²) in [7, 11) is -1.96. The minimum atomic E-state index is -3.48. The number of aromatic nitrogens is 3. The lowest BCUT2D eigenvalue weighted by Gasteiger charge is -2.31. The van der Waals surface area contributed by atoms with E-state index in [0.29, 0.717) is 18.8 Å². The molecule has 0 spiro atoms. The zero-order valence-corrected chi connectivity index (χ0v) is 13.1. The van der Waals surface area contributed by atoms with E-state index in [0.717, 1.165) is 12.8 Å². The maximum absolute atomic E-state index is 12.7. The van der Waals surface area contributed by atoms with Crippen LogP contribution < -0.4 is 4.74 Å². The van der Waals surface area contributed by atoms with Crippen LogP contribution in [0.1, 0.15) is 18.9 Å². The van der Waals surface area contributed by atoms with Gasteiger partial charge in [-0.15, -0.1) is 5.10 Å². The first-order chi connectivity index (χ1) is 10.6. The van der Waals surface area contributed by atoms with Crippen LogP contribution in [0.2, 0.25) is 0 Å². The van der Waals surface area contributed by atoms with Gasteiger partial charge in [0.05, 0.1) is 24.2 Å². The number of nitrogens with zero attached hydrogens (tertiary/aromatic N) is 4. The standard InChI is InChI=1S/C14H18N4O3S/c1-21-13-3-2-4-14(11-13)22(19,20)17-8-5-12(6-9-17)18-10-7-15-16-18/h2-4,7,10-12H,5-6,8-9H2,1H3. The normalized spacial score (nSPS) is 17.5. The second kappa shape index (κ2) is 6.05. The van der Waals surface area contributed by atoms with Crippen LogP contribution in [0.4, 0.5) is 0 Å². The summed E-state index contributed by atoms with van der Waals surface area (Å²) in [4.78, 5) is 0.269. The van der Waals surface area contributed by atoms with Crippen molar-refractivity contribution in [2.45, 2.75) is 23.8 Å². The molecule has 1 aromatic heterocycles. The number of sulfonamides is 1. The van der Waals surface area contributed by atoms with Gasteiger partial charge in [-0.05, 0) is 25.0 Å². The molecular formula is C14H18N4O3S. The zero-order chi connectivity index (χ0) is 15.6. The summed E-state index contributed by atoms with van der Waals surface area (Å²) in [6.45, 7) is 0.953. The van der Waals surface area contributed by atoms with Crippen molar-refractivity contribution in [1.82, 2.24) is 19.3 Å². The lowest BCUT2D eigenvalue weighted by Crippen LogP contribution is -2.39. The van der Waals surface area contributed by atoms with Crippen LogP contribution in [-0.2, 0) is 10.0 Å². The van der Waals surface area contributed by atoms with Crippen LogP contribution in [0, 0.1) is 0 Å². The van der Waals surface area contributed by atoms with Crippen molar-refractivity contribution < 1.29 is 13.2 Å². The van der Waals surface area contributed by atoms with Crippen molar-refractivity contribution in [2.75, 3.05) is 20.2 Å². The molecule has 0 bridgehead atoms. The minimum Gasteiger partial charge on any atom is -0.497 e. The van der Waals surface area contributed by atoms with E-state index in [1.165, 1.54) is 11.4 Å². The number of hydrogen-bond acceptors (Lipinski definition) is 5. The fraction of sp³-hybridized carbons (Fsp3) is 0.429. The highest BCUT2D eigenvalue weighted by Gasteiger charge is 2.30. The molecule has 8 heteroatoms. The van der Waals surface area contributed by atoms with Crippen molar-refractivity contribution >= 4 is 10.0 Å². The number of piperidine rings is 1. The number of ether oxygens (including phenoxy) is 1. The maximum atomic E-state index is 12.7. The second-order valence-electron chi connectivity index (χ2n) is 5.20. The van der Waals surface area contributed by atoms with Crippen LogP contribution in [-0.4, -0.2) is 47.9 Å². The molecular weight excluding hydrogens is 304 g/mol. The summed E-state index contributed by atoms with van der Waals surface area (Å²) >= 11 is 0. The van der Waals surface area contributed by atoms with Gasteiger partial charge in [0.1, 0.15) is 5.75 Å². The topological polar surface area (TPSA) is 77.3 Å². The highest BCUT2D eigenvalue weighted by atomic mass is 32.2. The molecule has 0 atom stereocenters. The van der Waals surface area contributed by atoms with Gasteiger partial charge in [0, 0.05) is 25.4 Å². The lowest BCUT2D eigenvalue weighted by atomic mass is 10.1. The van der Waals surface area contributed by atoms with Crippen molar-refractivity contribution in [1.29, 1.82) is 0 Å². The summed E-state index contributed by atoms with van der Waals surface area (Å²) in [6.07, 6.45) is 4.91. The Morgan fingerprint density at radius 3 is 2.68 bits per heavy atom. The molecule has 22 heavy (non-hydrogen) atoms. The summed E-state index contributed by atoms with van der Waals surface area (Å²) < 4.78 is 33.8. The van der Waals surface area contributed by atoms with Crippen molar-refractivity contribution in [3.63, 3.8) is 0 Å². The molecule has 0 saturated carbocycles. The molecule has 0 aliphatic carbocycles. The third-order valence-corrected chi connectivity index (χ3v) is 5.81.